The zero-order valence-corrected chi connectivity index (χ0v) is 19.0. The van der Waals surface area contributed by atoms with Crippen LogP contribution in [0, 0.1) is 5.92 Å². The van der Waals surface area contributed by atoms with E-state index in [1.807, 2.05) is 18.7 Å². The molecule has 0 aliphatic carbocycles. The number of piperazine rings is 1. The number of nitrogens with zero attached hydrogens (tertiary/aromatic N) is 4. The molecule has 33 heavy (non-hydrogen) atoms. The molecule has 1 fully saturated rings. The number of rotatable bonds is 5. The Kier molecular flexibility index (Phi) is 8.86. The van der Waals surface area contributed by atoms with Gasteiger partial charge in [-0.3, -0.25) is 10.1 Å². The van der Waals surface area contributed by atoms with Gasteiger partial charge in [0.1, 0.15) is 0 Å². The van der Waals surface area contributed by atoms with Crippen molar-refractivity contribution in [1.29, 1.82) is 0 Å². The Morgan fingerprint density at radius 1 is 1.03 bits per heavy atom. The maximum absolute atomic E-state index is 13.2. The van der Waals surface area contributed by atoms with E-state index < -0.39 is 17.6 Å². The molecule has 0 atom stereocenters. The third kappa shape index (κ3) is 6.95. The predicted molar refractivity (Wildman–Crippen MR) is 121 cm³/mol. The molecule has 2 aromatic rings. The summed E-state index contributed by atoms with van der Waals surface area (Å²) in [6, 6.07) is 7.75. The van der Waals surface area contributed by atoms with Gasteiger partial charge in [-0.25, -0.2) is 4.79 Å². The highest BCUT2D eigenvalue weighted by molar-refractivity contribution is 5.96. The lowest BCUT2D eigenvalue weighted by atomic mass is 10.1. The molecular formula is C21H26ClF3N6O2. The highest BCUT2D eigenvalue weighted by Crippen LogP contribution is 2.32. The molecule has 3 amide bonds. The summed E-state index contributed by atoms with van der Waals surface area (Å²) in [5.74, 6) is 0.533. The van der Waals surface area contributed by atoms with Crippen molar-refractivity contribution in [3.05, 3.63) is 47.5 Å². The summed E-state index contributed by atoms with van der Waals surface area (Å²) in [5, 5.41) is 13.4. The second-order valence-corrected chi connectivity index (χ2v) is 7.83. The number of halogens is 4. The van der Waals surface area contributed by atoms with E-state index in [-0.39, 0.29) is 37.1 Å². The highest BCUT2D eigenvalue weighted by Gasteiger charge is 2.36. The molecule has 0 unspecified atom stereocenters. The summed E-state index contributed by atoms with van der Waals surface area (Å²) in [7, 11) is 0. The van der Waals surface area contributed by atoms with Gasteiger partial charge in [0.05, 0.1) is 11.1 Å². The van der Waals surface area contributed by atoms with Crippen LogP contribution in [-0.4, -0.2) is 59.8 Å². The molecule has 1 aromatic carbocycles. The first-order chi connectivity index (χ1) is 15.1. The minimum Gasteiger partial charge on any atom is -0.352 e. The lowest BCUT2D eigenvalue weighted by molar-refractivity contribution is -0.138. The molecule has 1 aliphatic rings. The summed E-state index contributed by atoms with van der Waals surface area (Å²) in [6.45, 7) is 5.81. The number of nitrogens with one attached hydrogen (secondary N) is 2. The summed E-state index contributed by atoms with van der Waals surface area (Å²) >= 11 is 0. The van der Waals surface area contributed by atoms with Gasteiger partial charge < -0.3 is 15.1 Å². The third-order valence-corrected chi connectivity index (χ3v) is 4.92. The average Bonchev–Trinajstić information content (AvgIpc) is 2.77. The first-order valence-corrected chi connectivity index (χ1v) is 10.2. The predicted octanol–water partition coefficient (Wildman–Crippen LogP) is 3.66. The van der Waals surface area contributed by atoms with Crippen molar-refractivity contribution in [3.63, 3.8) is 0 Å². The van der Waals surface area contributed by atoms with Gasteiger partial charge in [-0.2, -0.15) is 13.2 Å². The standard InChI is InChI=1S/C21H25F3N6O2.ClH/c1-14(2)13-25-20(32)26-17-7-8-18(28-27-17)29-9-11-30(12-10-29)19(31)15-5-3-4-6-16(15)21(22,23)24;/h3-8,14H,9-13H2,1-2H3,(H2,25,26,27,32);1H. The molecule has 1 aromatic heterocycles. The average molecular weight is 487 g/mol. The van der Waals surface area contributed by atoms with Gasteiger partial charge >= 0.3 is 12.2 Å². The molecule has 12 heteroatoms. The summed E-state index contributed by atoms with van der Waals surface area (Å²) in [5.41, 5.74) is -1.28. The second kappa shape index (κ2) is 11.2. The number of benzene rings is 1. The van der Waals surface area contributed by atoms with Gasteiger partial charge in [0.25, 0.3) is 5.91 Å². The van der Waals surface area contributed by atoms with Crippen LogP contribution in [0.1, 0.15) is 29.8 Å². The number of urea groups is 1. The molecule has 2 N–H and O–H groups in total. The fraction of sp³-hybridized carbons (Fsp3) is 0.429. The molecule has 0 spiro atoms. The van der Waals surface area contributed by atoms with Crippen LogP contribution in [0.25, 0.3) is 0 Å². The van der Waals surface area contributed by atoms with E-state index in [1.165, 1.54) is 23.1 Å². The third-order valence-electron chi connectivity index (χ3n) is 4.92. The van der Waals surface area contributed by atoms with Gasteiger partial charge in [-0.05, 0) is 30.2 Å². The molecule has 1 aliphatic heterocycles. The van der Waals surface area contributed by atoms with Crippen molar-refractivity contribution in [3.8, 4) is 0 Å². The number of alkyl halides is 3. The lowest BCUT2D eigenvalue weighted by Crippen LogP contribution is -2.49. The number of carbonyl (C=O) groups is 2. The Hall–Kier alpha value is -3.08. The molecule has 1 saturated heterocycles. The monoisotopic (exact) mass is 486 g/mol. The van der Waals surface area contributed by atoms with Crippen molar-refractivity contribution < 1.29 is 22.8 Å². The zero-order chi connectivity index (χ0) is 23.3. The Bertz CT molecular complexity index is 948. The van der Waals surface area contributed by atoms with E-state index in [2.05, 4.69) is 20.8 Å². The second-order valence-electron chi connectivity index (χ2n) is 7.83. The minimum atomic E-state index is -4.59. The Balaban J connectivity index is 0.00000385. The summed E-state index contributed by atoms with van der Waals surface area (Å²) in [4.78, 5) is 27.8. The summed E-state index contributed by atoms with van der Waals surface area (Å²) < 4.78 is 39.7. The fourth-order valence-electron chi connectivity index (χ4n) is 3.24. The van der Waals surface area contributed by atoms with Gasteiger partial charge in [-0.15, -0.1) is 22.6 Å². The highest BCUT2D eigenvalue weighted by atomic mass is 35.5. The molecule has 3 rings (SSSR count). The van der Waals surface area contributed by atoms with Crippen LogP contribution < -0.4 is 15.5 Å². The first-order valence-electron chi connectivity index (χ1n) is 10.2. The zero-order valence-electron chi connectivity index (χ0n) is 18.2. The van der Waals surface area contributed by atoms with E-state index in [4.69, 9.17) is 0 Å². The molecule has 0 saturated carbocycles. The smallest absolute Gasteiger partial charge is 0.352 e. The Morgan fingerprint density at radius 2 is 1.70 bits per heavy atom. The quantitative estimate of drug-likeness (QED) is 0.673. The van der Waals surface area contributed by atoms with Crippen LogP contribution in [-0.2, 0) is 6.18 Å². The van der Waals surface area contributed by atoms with E-state index >= 15 is 0 Å². The molecule has 180 valence electrons. The number of hydrogen-bond acceptors (Lipinski definition) is 5. The number of anilines is 2. The van der Waals surface area contributed by atoms with E-state index in [9.17, 15) is 22.8 Å². The molecule has 2 heterocycles. The number of carbonyl (C=O) groups excluding carboxylic acids is 2. The van der Waals surface area contributed by atoms with E-state index in [1.54, 1.807) is 12.1 Å². The Labute approximate surface area is 195 Å². The molecule has 8 nitrogen and oxygen atoms in total. The van der Waals surface area contributed by atoms with E-state index in [0.717, 1.165) is 6.07 Å². The first kappa shape index (κ1) is 26.2. The van der Waals surface area contributed by atoms with Crippen molar-refractivity contribution >= 4 is 36.0 Å². The SMILES string of the molecule is CC(C)CNC(=O)Nc1ccc(N2CCN(C(=O)c3ccccc3C(F)(F)F)CC2)nn1.Cl. The topological polar surface area (TPSA) is 90.5 Å². The summed E-state index contributed by atoms with van der Waals surface area (Å²) in [6.07, 6.45) is -4.59. The largest absolute Gasteiger partial charge is 0.417 e. The minimum absolute atomic E-state index is 0. The van der Waals surface area contributed by atoms with Crippen LogP contribution in [0.3, 0.4) is 0 Å². The van der Waals surface area contributed by atoms with Crippen LogP contribution >= 0.6 is 12.4 Å². The van der Waals surface area contributed by atoms with Crippen molar-refractivity contribution in [2.45, 2.75) is 20.0 Å². The molecule has 0 radical (unpaired) electrons. The lowest BCUT2D eigenvalue weighted by Gasteiger charge is -2.35. The van der Waals surface area contributed by atoms with Gasteiger partial charge in [0.2, 0.25) is 0 Å². The number of aromatic nitrogens is 2. The molecule has 0 bridgehead atoms. The van der Waals surface area contributed by atoms with Gasteiger partial charge in [0, 0.05) is 32.7 Å². The van der Waals surface area contributed by atoms with Crippen LogP contribution in [0.5, 0.6) is 0 Å². The van der Waals surface area contributed by atoms with Crippen molar-refractivity contribution in [1.82, 2.24) is 20.4 Å². The van der Waals surface area contributed by atoms with Crippen LogP contribution in [0.2, 0.25) is 0 Å². The molecular weight excluding hydrogens is 461 g/mol. The maximum Gasteiger partial charge on any atom is 0.417 e. The number of hydrogen-bond donors (Lipinski definition) is 2. The van der Waals surface area contributed by atoms with Gasteiger partial charge in [-0.1, -0.05) is 26.0 Å². The normalized spacial score (nSPS) is 14.0. The van der Waals surface area contributed by atoms with E-state index in [0.29, 0.717) is 37.2 Å². The fourth-order valence-corrected chi connectivity index (χ4v) is 3.24. The van der Waals surface area contributed by atoms with Crippen LogP contribution in [0.15, 0.2) is 36.4 Å². The van der Waals surface area contributed by atoms with Crippen molar-refractivity contribution in [2.75, 3.05) is 42.9 Å². The van der Waals surface area contributed by atoms with Crippen LogP contribution in [0.4, 0.5) is 29.6 Å². The number of amides is 3. The van der Waals surface area contributed by atoms with Crippen molar-refractivity contribution in [2.24, 2.45) is 5.92 Å². The maximum atomic E-state index is 13.2. The Morgan fingerprint density at radius 3 is 2.27 bits per heavy atom. The van der Waals surface area contributed by atoms with Gasteiger partial charge in [0.15, 0.2) is 11.6 Å².